The van der Waals surface area contributed by atoms with E-state index in [-0.39, 0.29) is 5.91 Å². The predicted molar refractivity (Wildman–Crippen MR) is 106 cm³/mol. The summed E-state index contributed by atoms with van der Waals surface area (Å²) in [6, 6.07) is 23.5. The number of aromatic nitrogens is 3. The van der Waals surface area contributed by atoms with Gasteiger partial charge >= 0.3 is 0 Å². The fourth-order valence-corrected chi connectivity index (χ4v) is 2.92. The number of pyridine rings is 1. The maximum Gasteiger partial charge on any atom is 0.259 e. The lowest BCUT2D eigenvalue weighted by Crippen LogP contribution is -2.13. The van der Waals surface area contributed by atoms with Crippen molar-refractivity contribution in [2.45, 2.75) is 6.92 Å². The van der Waals surface area contributed by atoms with Gasteiger partial charge in [0.1, 0.15) is 0 Å². The van der Waals surface area contributed by atoms with Crippen molar-refractivity contribution in [2.24, 2.45) is 0 Å². The van der Waals surface area contributed by atoms with Crippen LogP contribution in [0.5, 0.6) is 0 Å². The Morgan fingerprint density at radius 3 is 2.30 bits per heavy atom. The third kappa shape index (κ3) is 3.48. The Bertz CT molecular complexity index is 1050. The highest BCUT2D eigenvalue weighted by Crippen LogP contribution is 2.22. The van der Waals surface area contributed by atoms with Gasteiger partial charge in [0.25, 0.3) is 5.91 Å². The van der Waals surface area contributed by atoms with Crippen LogP contribution in [0.3, 0.4) is 0 Å². The fourth-order valence-electron chi connectivity index (χ4n) is 2.92. The summed E-state index contributed by atoms with van der Waals surface area (Å²) in [5, 5.41) is 7.23. The third-order valence-corrected chi connectivity index (χ3v) is 4.37. The molecule has 0 aliphatic rings. The molecule has 0 atom stereocenters. The van der Waals surface area contributed by atoms with Gasteiger partial charge in [0, 0.05) is 11.9 Å². The quantitative estimate of drug-likeness (QED) is 0.587. The van der Waals surface area contributed by atoms with E-state index in [0.717, 1.165) is 22.5 Å². The number of hydrogen-bond donors (Lipinski definition) is 1. The number of nitrogens with zero attached hydrogens (tertiary/aromatic N) is 3. The van der Waals surface area contributed by atoms with Crippen LogP contribution >= 0.6 is 0 Å². The summed E-state index contributed by atoms with van der Waals surface area (Å²) in [6.45, 7) is 1.86. The summed E-state index contributed by atoms with van der Waals surface area (Å²) >= 11 is 0. The lowest BCUT2D eigenvalue weighted by Gasteiger charge is -2.07. The van der Waals surface area contributed by atoms with Crippen molar-refractivity contribution >= 4 is 11.6 Å². The van der Waals surface area contributed by atoms with Gasteiger partial charge in [-0.3, -0.25) is 4.79 Å². The molecule has 132 valence electrons. The molecule has 5 nitrogen and oxygen atoms in total. The van der Waals surface area contributed by atoms with E-state index >= 15 is 0 Å². The lowest BCUT2D eigenvalue weighted by atomic mass is 10.1. The van der Waals surface area contributed by atoms with Crippen LogP contribution in [-0.2, 0) is 0 Å². The summed E-state index contributed by atoms with van der Waals surface area (Å²) in [7, 11) is 0. The van der Waals surface area contributed by atoms with Gasteiger partial charge in [0.05, 0.1) is 17.5 Å². The van der Waals surface area contributed by atoms with E-state index in [0.29, 0.717) is 11.4 Å². The van der Waals surface area contributed by atoms with Crippen LogP contribution in [0.2, 0.25) is 0 Å². The van der Waals surface area contributed by atoms with E-state index in [1.807, 2.05) is 67.6 Å². The molecular weight excluding hydrogens is 336 g/mol. The molecule has 5 heteroatoms. The minimum atomic E-state index is -0.192. The van der Waals surface area contributed by atoms with Crippen molar-refractivity contribution in [3.8, 4) is 16.9 Å². The number of benzene rings is 2. The standard InChI is InChI=1S/C22H18N4O/c1-16-20(15-24-26(16)21-9-5-6-14-23-21)22(27)25-19-12-10-18(11-13-19)17-7-3-2-4-8-17/h2-15H,1H3,(H,25,27). The van der Waals surface area contributed by atoms with E-state index in [4.69, 9.17) is 0 Å². The molecule has 0 spiro atoms. The first-order valence-electron chi connectivity index (χ1n) is 8.65. The van der Waals surface area contributed by atoms with Gasteiger partial charge in [-0.05, 0) is 42.3 Å². The maximum atomic E-state index is 12.6. The molecule has 0 aliphatic carbocycles. The Hall–Kier alpha value is -3.73. The van der Waals surface area contributed by atoms with Crippen molar-refractivity contribution in [1.82, 2.24) is 14.8 Å². The molecule has 0 saturated carbocycles. The number of carbonyl (C=O) groups is 1. The van der Waals surface area contributed by atoms with E-state index in [1.165, 1.54) is 0 Å². The van der Waals surface area contributed by atoms with Gasteiger partial charge in [0.2, 0.25) is 0 Å². The van der Waals surface area contributed by atoms with Crippen molar-refractivity contribution < 1.29 is 4.79 Å². The highest BCUT2D eigenvalue weighted by atomic mass is 16.1. The van der Waals surface area contributed by atoms with Gasteiger partial charge in [0.15, 0.2) is 5.82 Å². The van der Waals surface area contributed by atoms with Crippen LogP contribution in [0.4, 0.5) is 5.69 Å². The summed E-state index contributed by atoms with van der Waals surface area (Å²) < 4.78 is 1.66. The van der Waals surface area contributed by atoms with Crippen LogP contribution in [-0.4, -0.2) is 20.7 Å². The molecule has 1 amide bonds. The smallest absolute Gasteiger partial charge is 0.259 e. The van der Waals surface area contributed by atoms with Crippen LogP contribution in [0.15, 0.2) is 85.2 Å². The van der Waals surface area contributed by atoms with Crippen molar-refractivity contribution in [3.05, 3.63) is 96.4 Å². The Kier molecular flexibility index (Phi) is 4.49. The van der Waals surface area contributed by atoms with Crippen molar-refractivity contribution in [1.29, 1.82) is 0 Å². The minimum Gasteiger partial charge on any atom is -0.322 e. The molecule has 0 aliphatic heterocycles. The second-order valence-electron chi connectivity index (χ2n) is 6.14. The second-order valence-corrected chi connectivity index (χ2v) is 6.14. The summed E-state index contributed by atoms with van der Waals surface area (Å²) in [4.78, 5) is 16.9. The molecule has 4 rings (SSSR count). The number of nitrogens with one attached hydrogen (secondary N) is 1. The van der Waals surface area contributed by atoms with Crippen LogP contribution < -0.4 is 5.32 Å². The summed E-state index contributed by atoms with van der Waals surface area (Å²) in [5.74, 6) is 0.489. The zero-order chi connectivity index (χ0) is 18.6. The molecular formula is C22H18N4O. The molecule has 2 aromatic heterocycles. The fraction of sp³-hybridized carbons (Fsp3) is 0.0455. The maximum absolute atomic E-state index is 12.6. The average molecular weight is 354 g/mol. The topological polar surface area (TPSA) is 59.8 Å². The van der Waals surface area contributed by atoms with Gasteiger partial charge in [-0.2, -0.15) is 5.10 Å². The first-order chi connectivity index (χ1) is 13.2. The Labute approximate surface area is 157 Å². The summed E-state index contributed by atoms with van der Waals surface area (Å²) in [6.07, 6.45) is 3.27. The molecule has 0 saturated heterocycles. The number of rotatable bonds is 4. The normalized spacial score (nSPS) is 10.6. The predicted octanol–water partition coefficient (Wildman–Crippen LogP) is 4.50. The van der Waals surface area contributed by atoms with Gasteiger partial charge in [-0.1, -0.05) is 48.5 Å². The van der Waals surface area contributed by atoms with E-state index in [2.05, 4.69) is 27.5 Å². The highest BCUT2D eigenvalue weighted by Gasteiger charge is 2.15. The lowest BCUT2D eigenvalue weighted by molar-refractivity contribution is 0.102. The van der Waals surface area contributed by atoms with Gasteiger partial charge < -0.3 is 5.32 Å². The van der Waals surface area contributed by atoms with Crippen molar-refractivity contribution in [2.75, 3.05) is 5.32 Å². The second kappa shape index (κ2) is 7.25. The number of amides is 1. The largest absolute Gasteiger partial charge is 0.322 e. The SMILES string of the molecule is Cc1c(C(=O)Nc2ccc(-c3ccccc3)cc2)cnn1-c1ccccn1. The Morgan fingerprint density at radius 1 is 0.889 bits per heavy atom. The molecule has 0 fully saturated rings. The monoisotopic (exact) mass is 354 g/mol. The molecule has 1 N–H and O–H groups in total. The highest BCUT2D eigenvalue weighted by molar-refractivity contribution is 6.05. The molecule has 2 aromatic carbocycles. The van der Waals surface area contributed by atoms with Crippen molar-refractivity contribution in [3.63, 3.8) is 0 Å². The van der Waals surface area contributed by atoms with Gasteiger partial charge in [-0.15, -0.1) is 0 Å². The van der Waals surface area contributed by atoms with Gasteiger partial charge in [-0.25, -0.2) is 9.67 Å². The molecule has 0 unspecified atom stereocenters. The number of carbonyl (C=O) groups excluding carboxylic acids is 1. The zero-order valence-corrected chi connectivity index (χ0v) is 14.8. The molecule has 4 aromatic rings. The Morgan fingerprint density at radius 2 is 1.59 bits per heavy atom. The number of hydrogen-bond acceptors (Lipinski definition) is 3. The molecule has 0 radical (unpaired) electrons. The summed E-state index contributed by atoms with van der Waals surface area (Å²) in [5.41, 5.74) is 4.25. The van der Waals surface area contributed by atoms with Crippen LogP contribution in [0.25, 0.3) is 16.9 Å². The molecule has 2 heterocycles. The van der Waals surface area contributed by atoms with Crippen LogP contribution in [0, 0.1) is 6.92 Å². The van der Waals surface area contributed by atoms with Crippen LogP contribution in [0.1, 0.15) is 16.1 Å². The van der Waals surface area contributed by atoms with E-state index < -0.39 is 0 Å². The average Bonchev–Trinajstić information content (AvgIpc) is 3.11. The zero-order valence-electron chi connectivity index (χ0n) is 14.8. The first-order valence-corrected chi connectivity index (χ1v) is 8.65. The Balaban J connectivity index is 1.52. The number of anilines is 1. The molecule has 0 bridgehead atoms. The minimum absolute atomic E-state index is 0.192. The molecule has 27 heavy (non-hydrogen) atoms. The van der Waals surface area contributed by atoms with E-state index in [1.54, 1.807) is 17.1 Å². The first kappa shape index (κ1) is 16.7. The van der Waals surface area contributed by atoms with E-state index in [9.17, 15) is 4.79 Å². The third-order valence-electron chi connectivity index (χ3n) is 4.37.